The summed E-state index contributed by atoms with van der Waals surface area (Å²) in [6.07, 6.45) is 3.06. The summed E-state index contributed by atoms with van der Waals surface area (Å²) in [5, 5.41) is 0. The Morgan fingerprint density at radius 3 is 1.86 bits per heavy atom. The maximum atomic E-state index is 15.0. The van der Waals surface area contributed by atoms with Gasteiger partial charge in [-0.1, -0.05) is 50.1 Å². The molecule has 0 fully saturated rings. The van der Waals surface area contributed by atoms with E-state index in [1.807, 2.05) is 0 Å². The molecule has 10 heteroatoms. The van der Waals surface area contributed by atoms with Crippen molar-refractivity contribution < 1.29 is 35.5 Å². The Labute approximate surface area is 249 Å². The van der Waals surface area contributed by atoms with Crippen molar-refractivity contribution in [2.45, 2.75) is 38.7 Å². The van der Waals surface area contributed by atoms with Crippen LogP contribution in [0.2, 0.25) is 0 Å². The Kier molecular flexibility index (Phi) is 8.98. The Morgan fingerprint density at radius 1 is 0.636 bits per heavy atom. The topological polar surface area (TPSA) is 35.0 Å². The molecule has 0 amide bonds. The summed E-state index contributed by atoms with van der Waals surface area (Å²) in [5.41, 5.74) is 0.840. The van der Waals surface area contributed by atoms with E-state index in [1.54, 1.807) is 12.4 Å². The monoisotopic (exact) mass is 610 g/mol. The third kappa shape index (κ3) is 6.74. The minimum absolute atomic E-state index is 0.0237. The van der Waals surface area contributed by atoms with E-state index in [0.29, 0.717) is 11.1 Å². The molecule has 0 saturated carbocycles. The van der Waals surface area contributed by atoms with E-state index in [4.69, 9.17) is 4.74 Å². The highest BCUT2D eigenvalue weighted by atomic mass is 19.3. The fourth-order valence-electron chi connectivity index (χ4n) is 4.66. The summed E-state index contributed by atoms with van der Waals surface area (Å²) >= 11 is 0. The zero-order chi connectivity index (χ0) is 31.4. The van der Waals surface area contributed by atoms with Gasteiger partial charge in [0.05, 0.1) is 5.56 Å². The molecule has 0 radical (unpaired) electrons. The summed E-state index contributed by atoms with van der Waals surface area (Å²) in [6, 6.07) is 13.5. The van der Waals surface area contributed by atoms with Gasteiger partial charge in [0.25, 0.3) is 0 Å². The molecular weight excluding hydrogens is 585 g/mol. The number of aromatic nitrogens is 2. The van der Waals surface area contributed by atoms with Gasteiger partial charge in [0.1, 0.15) is 17.4 Å². The van der Waals surface area contributed by atoms with Gasteiger partial charge in [-0.2, -0.15) is 8.78 Å². The predicted molar refractivity (Wildman–Crippen MR) is 152 cm³/mol. The van der Waals surface area contributed by atoms with Crippen LogP contribution in [-0.4, -0.2) is 9.97 Å². The van der Waals surface area contributed by atoms with Crippen molar-refractivity contribution in [2.24, 2.45) is 0 Å². The van der Waals surface area contributed by atoms with E-state index in [-0.39, 0.29) is 22.5 Å². The van der Waals surface area contributed by atoms with E-state index in [1.165, 1.54) is 36.4 Å². The number of ether oxygens (including phenoxy) is 1. The van der Waals surface area contributed by atoms with Crippen LogP contribution >= 0.6 is 0 Å². The highest BCUT2D eigenvalue weighted by molar-refractivity contribution is 5.71. The molecule has 1 heterocycles. The lowest BCUT2D eigenvalue weighted by molar-refractivity contribution is -0.187. The normalized spacial score (nSPS) is 11.5. The minimum atomic E-state index is -4.14. The summed E-state index contributed by atoms with van der Waals surface area (Å²) < 4.78 is 105. The smallest absolute Gasteiger partial charge is 0.429 e. The van der Waals surface area contributed by atoms with Gasteiger partial charge in [-0.15, -0.1) is 0 Å². The molecular formula is C34H25F7N2O. The van der Waals surface area contributed by atoms with Crippen LogP contribution in [-0.2, 0) is 12.5 Å². The van der Waals surface area contributed by atoms with Crippen LogP contribution in [0.3, 0.4) is 0 Å². The summed E-state index contributed by atoms with van der Waals surface area (Å²) in [4.78, 5) is 8.44. The molecule has 0 aliphatic rings. The average Bonchev–Trinajstić information content (AvgIpc) is 3.00. The van der Waals surface area contributed by atoms with Crippen LogP contribution in [0.5, 0.6) is 5.75 Å². The number of benzene rings is 4. The fourth-order valence-corrected chi connectivity index (χ4v) is 4.66. The molecule has 0 saturated heterocycles. The molecule has 0 bridgehead atoms. The van der Waals surface area contributed by atoms with Crippen molar-refractivity contribution in [3.05, 3.63) is 125 Å². The third-order valence-electron chi connectivity index (χ3n) is 7.01. The van der Waals surface area contributed by atoms with Gasteiger partial charge in [0.15, 0.2) is 23.3 Å². The van der Waals surface area contributed by atoms with Crippen molar-refractivity contribution in [1.82, 2.24) is 9.97 Å². The van der Waals surface area contributed by atoms with E-state index < -0.39 is 46.5 Å². The van der Waals surface area contributed by atoms with Crippen LogP contribution in [0, 0.1) is 29.1 Å². The number of halogens is 7. The predicted octanol–water partition coefficient (Wildman–Crippen LogP) is 10.0. The first-order valence-electron chi connectivity index (χ1n) is 13.8. The number of unbranched alkanes of at least 4 members (excludes halogenated alkanes) is 2. The second-order valence-electron chi connectivity index (χ2n) is 10.2. The highest BCUT2D eigenvalue weighted by Gasteiger charge is 2.38. The largest absolute Gasteiger partial charge is 0.429 e. The van der Waals surface area contributed by atoms with Crippen LogP contribution in [0.25, 0.3) is 33.6 Å². The molecule has 0 spiro atoms. The van der Waals surface area contributed by atoms with Crippen molar-refractivity contribution in [3.8, 4) is 39.4 Å². The zero-order valence-electron chi connectivity index (χ0n) is 23.4. The molecule has 5 aromatic rings. The molecule has 0 aliphatic carbocycles. The maximum Gasteiger partial charge on any atom is 0.429 e. The lowest BCUT2D eigenvalue weighted by Crippen LogP contribution is -2.23. The number of hydrogen-bond donors (Lipinski definition) is 0. The number of alkyl halides is 2. The molecule has 5 rings (SSSR count). The summed E-state index contributed by atoms with van der Waals surface area (Å²) in [6.45, 7) is 2.10. The number of aryl methyl sites for hydroxylation is 1. The lowest BCUT2D eigenvalue weighted by atomic mass is 9.99. The fraction of sp³-hybridized carbons (Fsp3) is 0.176. The molecule has 0 atom stereocenters. The zero-order valence-corrected chi connectivity index (χ0v) is 23.4. The standard InChI is InChI=1S/C34H25F7N2O/c1-2-3-4-5-20-18-42-33(43-19-20)23-10-13-27(29(36)14-23)34(40,41)44-25-11-12-26(28(35)17-25)22-8-6-21(7-9-22)24-15-30(37)32(39)31(38)16-24/h6-19H,2-5H2,1H3. The molecule has 0 N–H and O–H groups in total. The quantitative estimate of drug-likeness (QED) is 0.0897. The second kappa shape index (κ2) is 12.9. The van der Waals surface area contributed by atoms with Crippen molar-refractivity contribution in [2.75, 3.05) is 0 Å². The van der Waals surface area contributed by atoms with E-state index in [0.717, 1.165) is 67.6 Å². The van der Waals surface area contributed by atoms with Gasteiger partial charge in [-0.3, -0.25) is 0 Å². The SMILES string of the molecule is CCCCCc1cnc(-c2ccc(C(F)(F)Oc3ccc(-c4ccc(-c5cc(F)c(F)c(F)c5)cc4)c(F)c3)c(F)c2)nc1. The Balaban J connectivity index is 1.29. The van der Waals surface area contributed by atoms with Crippen LogP contribution in [0.1, 0.15) is 37.3 Å². The molecule has 226 valence electrons. The van der Waals surface area contributed by atoms with Gasteiger partial charge in [-0.05, 0) is 71.5 Å². The van der Waals surface area contributed by atoms with Gasteiger partial charge >= 0.3 is 6.11 Å². The Morgan fingerprint density at radius 2 is 1.25 bits per heavy atom. The maximum absolute atomic E-state index is 15.0. The molecule has 1 aromatic heterocycles. The van der Waals surface area contributed by atoms with Gasteiger partial charge in [0.2, 0.25) is 0 Å². The molecule has 0 aliphatic heterocycles. The van der Waals surface area contributed by atoms with Crippen LogP contribution in [0.4, 0.5) is 30.7 Å². The van der Waals surface area contributed by atoms with Gasteiger partial charge in [0, 0.05) is 29.6 Å². The molecule has 3 nitrogen and oxygen atoms in total. The van der Waals surface area contributed by atoms with E-state index in [9.17, 15) is 30.7 Å². The number of nitrogens with zero attached hydrogens (tertiary/aromatic N) is 2. The van der Waals surface area contributed by atoms with E-state index >= 15 is 0 Å². The average molecular weight is 611 g/mol. The lowest BCUT2D eigenvalue weighted by Gasteiger charge is -2.19. The first-order valence-corrected chi connectivity index (χ1v) is 13.8. The Bertz CT molecular complexity index is 1750. The molecule has 0 unspecified atom stereocenters. The number of hydrogen-bond acceptors (Lipinski definition) is 3. The van der Waals surface area contributed by atoms with Crippen molar-refractivity contribution in [3.63, 3.8) is 0 Å². The summed E-state index contributed by atoms with van der Waals surface area (Å²) in [7, 11) is 0. The van der Waals surface area contributed by atoms with E-state index in [2.05, 4.69) is 16.9 Å². The molecule has 4 aromatic carbocycles. The molecule has 44 heavy (non-hydrogen) atoms. The van der Waals surface area contributed by atoms with Crippen molar-refractivity contribution >= 4 is 0 Å². The first kappa shape index (κ1) is 30.7. The van der Waals surface area contributed by atoms with Crippen LogP contribution < -0.4 is 4.74 Å². The highest BCUT2D eigenvalue weighted by Crippen LogP contribution is 2.36. The van der Waals surface area contributed by atoms with Gasteiger partial charge < -0.3 is 4.74 Å². The second-order valence-corrected chi connectivity index (χ2v) is 10.2. The summed E-state index contributed by atoms with van der Waals surface area (Å²) in [5.74, 6) is -6.81. The first-order chi connectivity index (χ1) is 21.1. The van der Waals surface area contributed by atoms with Crippen molar-refractivity contribution in [1.29, 1.82) is 0 Å². The third-order valence-corrected chi connectivity index (χ3v) is 7.01. The Hall–Kier alpha value is -4.73. The van der Waals surface area contributed by atoms with Gasteiger partial charge in [-0.25, -0.2) is 31.9 Å². The minimum Gasteiger partial charge on any atom is -0.429 e. The number of rotatable bonds is 10. The van der Waals surface area contributed by atoms with Crippen LogP contribution in [0.15, 0.2) is 85.2 Å².